The number of ether oxygens (including phenoxy) is 4. The summed E-state index contributed by atoms with van der Waals surface area (Å²) in [5, 5.41) is 36.3. The number of carbonyl (C=O) groups excluding carboxylic acids is 4. The van der Waals surface area contributed by atoms with Gasteiger partial charge in [-0.05, 0) is 37.5 Å². The number of esters is 3. The minimum atomic E-state index is -2.11. The maximum absolute atomic E-state index is 15.0. The molecule has 1 saturated heterocycles. The molecule has 2 unspecified atom stereocenters. The SMILES string of the molecule is CC(=O)OC1=C2C(C)[C@@H](O)C[C@@](O)([C@@H](OC(=O)c3ccccc3)C3[C@](C)(C1=O)[C@@H](O)C[C@H]1OC[C@@]31OC(=O)C1CCC1)C2(C)C. The van der Waals surface area contributed by atoms with E-state index in [1.807, 2.05) is 0 Å². The van der Waals surface area contributed by atoms with Crippen molar-refractivity contribution in [2.24, 2.45) is 28.6 Å². The van der Waals surface area contributed by atoms with Crippen LogP contribution in [0.3, 0.4) is 0 Å². The van der Waals surface area contributed by atoms with Gasteiger partial charge in [0.2, 0.25) is 5.78 Å². The summed E-state index contributed by atoms with van der Waals surface area (Å²) in [4.78, 5) is 54.9. The molecule has 11 nitrogen and oxygen atoms in total. The lowest BCUT2D eigenvalue weighted by Gasteiger charge is -2.67. The van der Waals surface area contributed by atoms with Crippen LogP contribution in [0, 0.1) is 28.6 Å². The van der Waals surface area contributed by atoms with Gasteiger partial charge >= 0.3 is 17.9 Å². The van der Waals surface area contributed by atoms with Crippen molar-refractivity contribution in [3.63, 3.8) is 0 Å². The van der Waals surface area contributed by atoms with Crippen molar-refractivity contribution in [2.45, 2.75) is 102 Å². The molecule has 11 heteroatoms. The molecule has 244 valence electrons. The number of aliphatic hydroxyl groups is 3. The molecule has 4 fully saturated rings. The molecule has 1 aliphatic heterocycles. The molecule has 5 aliphatic rings. The third-order valence-electron chi connectivity index (χ3n) is 11.6. The molecule has 2 bridgehead atoms. The Labute approximate surface area is 261 Å². The second kappa shape index (κ2) is 10.7. The Hall–Kier alpha value is -3.12. The fraction of sp³-hybridized carbons (Fsp3) is 0.647. The highest BCUT2D eigenvalue weighted by Crippen LogP contribution is 2.64. The smallest absolute Gasteiger partial charge is 0.338 e. The zero-order chi connectivity index (χ0) is 32.7. The first kappa shape index (κ1) is 31.8. The van der Waals surface area contributed by atoms with Gasteiger partial charge in [0.1, 0.15) is 17.8 Å². The third kappa shape index (κ3) is 4.45. The second-order valence-electron chi connectivity index (χ2n) is 14.3. The highest BCUT2D eigenvalue weighted by atomic mass is 16.6. The first-order valence-corrected chi connectivity index (χ1v) is 15.8. The molecule has 0 aromatic heterocycles. The second-order valence-corrected chi connectivity index (χ2v) is 14.3. The van der Waals surface area contributed by atoms with E-state index in [1.54, 1.807) is 51.1 Å². The van der Waals surface area contributed by atoms with Gasteiger partial charge in [-0.25, -0.2) is 4.79 Å². The van der Waals surface area contributed by atoms with Crippen LogP contribution in [0.15, 0.2) is 41.7 Å². The van der Waals surface area contributed by atoms with Crippen molar-refractivity contribution in [3.05, 3.63) is 47.2 Å². The lowest BCUT2D eigenvalue weighted by Crippen LogP contribution is -2.81. The molecule has 0 spiro atoms. The Balaban J connectivity index is 1.64. The van der Waals surface area contributed by atoms with Gasteiger partial charge < -0.3 is 34.3 Å². The average molecular weight is 627 g/mol. The zero-order valence-electron chi connectivity index (χ0n) is 26.3. The summed E-state index contributed by atoms with van der Waals surface area (Å²) in [7, 11) is 0. The van der Waals surface area contributed by atoms with Crippen molar-refractivity contribution in [1.29, 1.82) is 0 Å². The van der Waals surface area contributed by atoms with Crippen LogP contribution in [0.1, 0.15) is 77.1 Å². The van der Waals surface area contributed by atoms with E-state index in [4.69, 9.17) is 18.9 Å². The Bertz CT molecular complexity index is 1450. The number of Topliss-reactive ketones (excluding diaryl/α,β-unsaturated/α-hetero) is 1. The third-order valence-corrected chi connectivity index (χ3v) is 11.6. The topological polar surface area (TPSA) is 166 Å². The van der Waals surface area contributed by atoms with Crippen LogP contribution in [0.2, 0.25) is 0 Å². The maximum atomic E-state index is 15.0. The highest BCUT2D eigenvalue weighted by Gasteiger charge is 2.78. The van der Waals surface area contributed by atoms with Gasteiger partial charge in [-0.1, -0.05) is 45.4 Å². The van der Waals surface area contributed by atoms with Crippen molar-refractivity contribution in [2.75, 3.05) is 6.61 Å². The van der Waals surface area contributed by atoms with Gasteiger partial charge in [0.25, 0.3) is 0 Å². The van der Waals surface area contributed by atoms with Crippen molar-refractivity contribution < 1.29 is 53.4 Å². The number of aliphatic hydroxyl groups excluding tert-OH is 2. The summed E-state index contributed by atoms with van der Waals surface area (Å²) >= 11 is 0. The van der Waals surface area contributed by atoms with Gasteiger partial charge in [0, 0.05) is 31.1 Å². The summed E-state index contributed by atoms with van der Waals surface area (Å²) in [5.74, 6) is -5.72. The van der Waals surface area contributed by atoms with Crippen LogP contribution in [-0.2, 0) is 33.3 Å². The largest absolute Gasteiger partial charge is 0.455 e. The molecule has 45 heavy (non-hydrogen) atoms. The normalized spacial score (nSPS) is 40.4. The molecule has 1 aromatic rings. The number of benzene rings is 1. The first-order chi connectivity index (χ1) is 21.1. The molecular formula is C34H42O11. The van der Waals surface area contributed by atoms with E-state index in [0.717, 1.165) is 13.3 Å². The van der Waals surface area contributed by atoms with E-state index in [-0.39, 0.29) is 42.3 Å². The summed E-state index contributed by atoms with van der Waals surface area (Å²) in [6.07, 6.45) is -3.40. The standard InChI is InChI=1S/C34H42O11/c1-17-21(36)15-34(41)28(44-29(39)19-10-7-6-8-11-19)26-32(5,27(38)25(43-18(2)35)24(17)31(34,3)4)22(37)14-23-33(26,16-42-23)45-30(40)20-12-9-13-20/h6-8,10-11,17,20-23,26,28,36-37,41H,9,12-16H2,1-5H3/t17?,21-,22-,23+,26?,28-,32+,33-,34+/m0/s1. The summed E-state index contributed by atoms with van der Waals surface area (Å²) in [6.45, 7) is 7.40. The number of hydrogen-bond donors (Lipinski definition) is 3. The molecule has 3 saturated carbocycles. The van der Waals surface area contributed by atoms with E-state index in [0.29, 0.717) is 12.8 Å². The van der Waals surface area contributed by atoms with Crippen LogP contribution < -0.4 is 0 Å². The molecule has 3 N–H and O–H groups in total. The zero-order valence-corrected chi connectivity index (χ0v) is 26.3. The fourth-order valence-electron chi connectivity index (χ4n) is 8.54. The monoisotopic (exact) mass is 626 g/mol. The molecule has 1 heterocycles. The number of carbonyl (C=O) groups is 4. The van der Waals surface area contributed by atoms with Crippen LogP contribution in [0.5, 0.6) is 0 Å². The van der Waals surface area contributed by atoms with E-state index in [1.165, 1.54) is 6.92 Å². The quantitative estimate of drug-likeness (QED) is 0.325. The number of fused-ring (bicyclic) bond motifs is 5. The number of ketones is 1. The molecular weight excluding hydrogens is 584 g/mol. The van der Waals surface area contributed by atoms with Crippen LogP contribution in [0.4, 0.5) is 0 Å². The van der Waals surface area contributed by atoms with Gasteiger partial charge in [-0.2, -0.15) is 0 Å². The summed E-state index contributed by atoms with van der Waals surface area (Å²) in [6, 6.07) is 8.13. The van der Waals surface area contributed by atoms with Crippen molar-refractivity contribution in [3.8, 4) is 0 Å². The van der Waals surface area contributed by atoms with E-state index in [2.05, 4.69) is 0 Å². The predicted molar refractivity (Wildman–Crippen MR) is 156 cm³/mol. The molecule has 1 aromatic carbocycles. The maximum Gasteiger partial charge on any atom is 0.338 e. The van der Waals surface area contributed by atoms with Crippen molar-refractivity contribution >= 4 is 23.7 Å². The Kier molecular flexibility index (Phi) is 7.59. The lowest BCUT2D eigenvalue weighted by atomic mass is 9.45. The lowest BCUT2D eigenvalue weighted by molar-refractivity contribution is -0.347. The first-order valence-electron chi connectivity index (χ1n) is 15.8. The van der Waals surface area contributed by atoms with Gasteiger partial charge in [0.15, 0.2) is 11.4 Å². The molecule has 6 rings (SSSR count). The van der Waals surface area contributed by atoms with E-state index < -0.39 is 82.0 Å². The Morgan fingerprint density at radius 2 is 1.71 bits per heavy atom. The average Bonchev–Trinajstić information content (AvgIpc) is 2.94. The summed E-state index contributed by atoms with van der Waals surface area (Å²) < 4.78 is 24.1. The Morgan fingerprint density at radius 3 is 2.27 bits per heavy atom. The van der Waals surface area contributed by atoms with Crippen LogP contribution in [0.25, 0.3) is 0 Å². The van der Waals surface area contributed by atoms with Crippen LogP contribution >= 0.6 is 0 Å². The van der Waals surface area contributed by atoms with E-state index in [9.17, 15) is 34.5 Å². The van der Waals surface area contributed by atoms with Gasteiger partial charge in [-0.15, -0.1) is 0 Å². The molecule has 4 aliphatic carbocycles. The van der Waals surface area contributed by atoms with Crippen molar-refractivity contribution in [1.82, 2.24) is 0 Å². The van der Waals surface area contributed by atoms with Gasteiger partial charge in [-0.3, -0.25) is 14.4 Å². The highest BCUT2D eigenvalue weighted by molar-refractivity contribution is 6.02. The van der Waals surface area contributed by atoms with Crippen LogP contribution in [-0.4, -0.2) is 81.2 Å². The molecule has 0 radical (unpaired) electrons. The number of hydrogen-bond acceptors (Lipinski definition) is 11. The predicted octanol–water partition coefficient (Wildman–Crippen LogP) is 2.64. The van der Waals surface area contributed by atoms with Gasteiger partial charge in [0.05, 0.1) is 41.6 Å². The Morgan fingerprint density at radius 1 is 1.04 bits per heavy atom. The van der Waals surface area contributed by atoms with E-state index >= 15 is 0 Å². The molecule has 0 amide bonds. The minimum absolute atomic E-state index is 0.0985. The number of allylic oxidation sites excluding steroid dienone is 1. The summed E-state index contributed by atoms with van der Waals surface area (Å²) in [5.41, 5.74) is -6.68. The fourth-order valence-corrected chi connectivity index (χ4v) is 8.54. The molecule has 9 atom stereocenters. The number of rotatable bonds is 5. The minimum Gasteiger partial charge on any atom is -0.455 e.